The van der Waals surface area contributed by atoms with Crippen molar-refractivity contribution in [3.05, 3.63) is 51.7 Å². The first-order valence-electron chi connectivity index (χ1n) is 5.07. The Hall–Kier alpha value is -1.32. The van der Waals surface area contributed by atoms with Crippen LogP contribution in [0.5, 0.6) is 5.75 Å². The summed E-state index contributed by atoms with van der Waals surface area (Å²) in [4.78, 5) is 0. The van der Waals surface area contributed by atoms with Crippen molar-refractivity contribution in [1.29, 1.82) is 0 Å². The van der Waals surface area contributed by atoms with Crippen molar-refractivity contribution in [2.75, 3.05) is 7.11 Å². The predicted molar refractivity (Wildman–Crippen MR) is 66.1 cm³/mol. The van der Waals surface area contributed by atoms with Crippen LogP contribution in [0.1, 0.15) is 22.8 Å². The van der Waals surface area contributed by atoms with E-state index in [0.717, 1.165) is 22.4 Å². The SMILES string of the molecule is COc1ccccc1C(O)c1cscc1C. The molecule has 3 heteroatoms. The maximum Gasteiger partial charge on any atom is 0.125 e. The van der Waals surface area contributed by atoms with Crippen molar-refractivity contribution in [1.82, 2.24) is 0 Å². The number of hydrogen-bond donors (Lipinski definition) is 1. The Morgan fingerprint density at radius 2 is 1.94 bits per heavy atom. The summed E-state index contributed by atoms with van der Waals surface area (Å²) in [5, 5.41) is 14.3. The van der Waals surface area contributed by atoms with E-state index in [1.807, 2.05) is 41.9 Å². The standard InChI is InChI=1S/C13H14O2S/c1-9-7-16-8-11(9)13(14)10-5-3-4-6-12(10)15-2/h3-8,13-14H,1-2H3. The Labute approximate surface area is 99.1 Å². The third-order valence-electron chi connectivity index (χ3n) is 2.62. The van der Waals surface area contributed by atoms with Gasteiger partial charge in [0.25, 0.3) is 0 Å². The number of hydrogen-bond acceptors (Lipinski definition) is 3. The highest BCUT2D eigenvalue weighted by atomic mass is 32.1. The third kappa shape index (κ3) is 1.96. The fourth-order valence-electron chi connectivity index (χ4n) is 1.71. The summed E-state index contributed by atoms with van der Waals surface area (Å²) in [6.45, 7) is 2.00. The molecular weight excluding hydrogens is 220 g/mol. The van der Waals surface area contributed by atoms with Gasteiger partial charge in [-0.3, -0.25) is 0 Å². The summed E-state index contributed by atoms with van der Waals surface area (Å²) >= 11 is 1.60. The van der Waals surface area contributed by atoms with Gasteiger partial charge in [0.1, 0.15) is 11.9 Å². The van der Waals surface area contributed by atoms with Crippen molar-refractivity contribution in [3.8, 4) is 5.75 Å². The summed E-state index contributed by atoms with van der Waals surface area (Å²) in [5.41, 5.74) is 2.88. The van der Waals surface area contributed by atoms with Gasteiger partial charge in [-0.05, 0) is 34.9 Å². The van der Waals surface area contributed by atoms with Gasteiger partial charge in [-0.15, -0.1) is 0 Å². The average molecular weight is 234 g/mol. The van der Waals surface area contributed by atoms with Crippen LogP contribution in [0.2, 0.25) is 0 Å². The van der Waals surface area contributed by atoms with E-state index in [9.17, 15) is 5.11 Å². The molecule has 1 unspecified atom stereocenters. The second-order valence-corrected chi connectivity index (χ2v) is 4.40. The van der Waals surface area contributed by atoms with Crippen molar-refractivity contribution < 1.29 is 9.84 Å². The van der Waals surface area contributed by atoms with Crippen LogP contribution in [0, 0.1) is 6.92 Å². The lowest BCUT2D eigenvalue weighted by molar-refractivity contribution is 0.214. The monoisotopic (exact) mass is 234 g/mol. The zero-order valence-electron chi connectivity index (χ0n) is 9.31. The van der Waals surface area contributed by atoms with E-state index in [4.69, 9.17) is 4.74 Å². The largest absolute Gasteiger partial charge is 0.496 e. The van der Waals surface area contributed by atoms with Gasteiger partial charge in [0.15, 0.2) is 0 Å². The second-order valence-electron chi connectivity index (χ2n) is 3.65. The Bertz CT molecular complexity index is 476. The fraction of sp³-hybridized carbons (Fsp3) is 0.231. The molecule has 0 spiro atoms. The number of ether oxygens (including phenoxy) is 1. The minimum absolute atomic E-state index is 0.609. The highest BCUT2D eigenvalue weighted by molar-refractivity contribution is 7.08. The van der Waals surface area contributed by atoms with Crippen molar-refractivity contribution >= 4 is 11.3 Å². The van der Waals surface area contributed by atoms with Crippen LogP contribution in [0.3, 0.4) is 0 Å². The normalized spacial score (nSPS) is 12.4. The first-order valence-corrected chi connectivity index (χ1v) is 6.02. The van der Waals surface area contributed by atoms with Gasteiger partial charge >= 0.3 is 0 Å². The minimum atomic E-state index is -0.609. The fourth-order valence-corrected chi connectivity index (χ4v) is 2.58. The van der Waals surface area contributed by atoms with Crippen LogP contribution in [-0.4, -0.2) is 12.2 Å². The van der Waals surface area contributed by atoms with Crippen LogP contribution in [0.15, 0.2) is 35.0 Å². The number of aryl methyl sites for hydroxylation is 1. The first-order chi connectivity index (χ1) is 7.74. The van der Waals surface area contributed by atoms with Gasteiger partial charge in [-0.2, -0.15) is 11.3 Å². The van der Waals surface area contributed by atoms with E-state index in [0.29, 0.717) is 0 Å². The summed E-state index contributed by atoms with van der Waals surface area (Å²) < 4.78 is 5.25. The van der Waals surface area contributed by atoms with Gasteiger partial charge in [0.2, 0.25) is 0 Å². The number of benzene rings is 1. The molecule has 1 aromatic heterocycles. The van der Waals surface area contributed by atoms with Gasteiger partial charge in [-0.1, -0.05) is 18.2 Å². The maximum absolute atomic E-state index is 10.3. The Morgan fingerprint density at radius 3 is 2.56 bits per heavy atom. The molecule has 0 radical (unpaired) electrons. The molecule has 0 bridgehead atoms. The molecule has 0 amide bonds. The smallest absolute Gasteiger partial charge is 0.125 e. The van der Waals surface area contributed by atoms with Gasteiger partial charge in [0, 0.05) is 5.56 Å². The van der Waals surface area contributed by atoms with Gasteiger partial charge in [-0.25, -0.2) is 0 Å². The number of aliphatic hydroxyl groups is 1. The molecule has 0 aliphatic rings. The van der Waals surface area contributed by atoms with Crippen molar-refractivity contribution in [3.63, 3.8) is 0 Å². The second kappa shape index (κ2) is 4.68. The van der Waals surface area contributed by atoms with E-state index in [1.54, 1.807) is 18.4 Å². The van der Waals surface area contributed by atoms with Crippen molar-refractivity contribution in [2.24, 2.45) is 0 Å². The van der Waals surface area contributed by atoms with E-state index < -0.39 is 6.10 Å². The quantitative estimate of drug-likeness (QED) is 0.884. The van der Waals surface area contributed by atoms with Gasteiger partial charge < -0.3 is 9.84 Å². The lowest BCUT2D eigenvalue weighted by Crippen LogP contribution is -2.02. The minimum Gasteiger partial charge on any atom is -0.496 e. The maximum atomic E-state index is 10.3. The molecule has 0 aliphatic carbocycles. The third-order valence-corrected chi connectivity index (χ3v) is 3.50. The number of rotatable bonds is 3. The highest BCUT2D eigenvalue weighted by Gasteiger charge is 2.17. The van der Waals surface area contributed by atoms with Crippen LogP contribution in [0.25, 0.3) is 0 Å². The molecule has 1 heterocycles. The Balaban J connectivity index is 2.41. The molecule has 2 nitrogen and oxygen atoms in total. The number of aliphatic hydroxyl groups excluding tert-OH is 1. The first kappa shape index (κ1) is 11.2. The van der Waals surface area contributed by atoms with Crippen LogP contribution in [-0.2, 0) is 0 Å². The average Bonchev–Trinajstić information content (AvgIpc) is 2.74. The molecule has 1 atom stereocenters. The van der Waals surface area contributed by atoms with Gasteiger partial charge in [0.05, 0.1) is 7.11 Å². The van der Waals surface area contributed by atoms with Crippen LogP contribution in [0.4, 0.5) is 0 Å². The summed E-state index contributed by atoms with van der Waals surface area (Å²) in [5.74, 6) is 0.723. The zero-order chi connectivity index (χ0) is 11.5. The number of para-hydroxylation sites is 1. The number of methoxy groups -OCH3 is 1. The summed E-state index contributed by atoms with van der Waals surface area (Å²) in [6, 6.07) is 7.55. The zero-order valence-corrected chi connectivity index (χ0v) is 10.1. The molecule has 1 N–H and O–H groups in total. The Kier molecular flexibility index (Phi) is 3.27. The van der Waals surface area contributed by atoms with E-state index in [-0.39, 0.29) is 0 Å². The molecule has 1 aromatic carbocycles. The Morgan fingerprint density at radius 1 is 1.19 bits per heavy atom. The molecule has 2 rings (SSSR count). The van der Waals surface area contributed by atoms with Crippen molar-refractivity contribution in [2.45, 2.75) is 13.0 Å². The molecule has 0 aliphatic heterocycles. The molecule has 0 fully saturated rings. The highest BCUT2D eigenvalue weighted by Crippen LogP contribution is 2.32. The molecular formula is C13H14O2S. The number of thiophene rings is 1. The van der Waals surface area contributed by atoms with E-state index >= 15 is 0 Å². The molecule has 2 aromatic rings. The summed E-state index contributed by atoms with van der Waals surface area (Å²) in [7, 11) is 1.62. The van der Waals surface area contributed by atoms with E-state index in [1.165, 1.54) is 0 Å². The topological polar surface area (TPSA) is 29.5 Å². The van der Waals surface area contributed by atoms with Crippen LogP contribution >= 0.6 is 11.3 Å². The lowest BCUT2D eigenvalue weighted by atomic mass is 10.0. The molecule has 84 valence electrons. The molecule has 0 saturated carbocycles. The summed E-state index contributed by atoms with van der Waals surface area (Å²) in [6.07, 6.45) is -0.609. The lowest BCUT2D eigenvalue weighted by Gasteiger charge is -2.14. The molecule has 16 heavy (non-hydrogen) atoms. The van der Waals surface area contributed by atoms with Crippen LogP contribution < -0.4 is 4.74 Å². The predicted octanol–water partition coefficient (Wildman–Crippen LogP) is 3.15. The van der Waals surface area contributed by atoms with E-state index in [2.05, 4.69) is 0 Å². The molecule has 0 saturated heterocycles.